The summed E-state index contributed by atoms with van der Waals surface area (Å²) in [5.41, 5.74) is 0.676. The fraction of sp³-hybridized carbons (Fsp3) is 0.263. The van der Waals surface area contributed by atoms with Crippen LogP contribution >= 0.6 is 0 Å². The first kappa shape index (κ1) is 19.2. The molecule has 0 heterocycles. The lowest BCUT2D eigenvalue weighted by Crippen LogP contribution is -2.30. The summed E-state index contributed by atoms with van der Waals surface area (Å²) < 4.78 is 29.0. The van der Waals surface area contributed by atoms with Crippen LogP contribution in [0.5, 0.6) is 11.5 Å². The van der Waals surface area contributed by atoms with Crippen molar-refractivity contribution in [3.05, 3.63) is 53.8 Å². The molecule has 0 unspecified atom stereocenters. The fourth-order valence-electron chi connectivity index (χ4n) is 2.25. The molecule has 0 bridgehead atoms. The van der Waals surface area contributed by atoms with Crippen LogP contribution in [0.15, 0.2) is 42.5 Å². The number of carbonyl (C=O) groups excluding carboxylic acids is 2. The number of hydrogen-bond donors (Lipinski definition) is 1. The van der Waals surface area contributed by atoms with Crippen molar-refractivity contribution in [2.45, 2.75) is 19.4 Å². The number of anilines is 1. The molecule has 26 heavy (non-hydrogen) atoms. The Morgan fingerprint density at radius 2 is 1.77 bits per heavy atom. The smallest absolute Gasteiger partial charge is 0.311 e. The minimum Gasteiger partial charge on any atom is -0.493 e. The summed E-state index contributed by atoms with van der Waals surface area (Å²) in [6.45, 7) is 1.42. The molecule has 0 aliphatic carbocycles. The van der Waals surface area contributed by atoms with E-state index < -0.39 is 23.8 Å². The van der Waals surface area contributed by atoms with Gasteiger partial charge in [0.15, 0.2) is 17.6 Å². The van der Waals surface area contributed by atoms with Crippen molar-refractivity contribution in [3.8, 4) is 11.5 Å². The first-order chi connectivity index (χ1) is 12.4. The van der Waals surface area contributed by atoms with Crippen LogP contribution in [0.1, 0.15) is 12.5 Å². The van der Waals surface area contributed by atoms with Crippen LogP contribution in [-0.4, -0.2) is 32.2 Å². The van der Waals surface area contributed by atoms with E-state index in [0.717, 1.165) is 0 Å². The average molecular weight is 361 g/mol. The number of amides is 1. The molecule has 0 saturated heterocycles. The number of carbonyl (C=O) groups is 2. The van der Waals surface area contributed by atoms with Gasteiger partial charge in [0.2, 0.25) is 0 Å². The third kappa shape index (κ3) is 4.95. The summed E-state index contributed by atoms with van der Waals surface area (Å²) in [5.74, 6) is -0.737. The van der Waals surface area contributed by atoms with Gasteiger partial charge in [-0.25, -0.2) is 4.39 Å². The Balaban J connectivity index is 1.94. The number of esters is 1. The lowest BCUT2D eigenvalue weighted by molar-refractivity contribution is -0.152. The zero-order chi connectivity index (χ0) is 19.1. The van der Waals surface area contributed by atoms with Crippen LogP contribution in [0.4, 0.5) is 10.1 Å². The molecular weight excluding hydrogens is 341 g/mol. The SMILES string of the molecule is COc1ccc(CC(=O)O[C@@H](C)C(=O)Nc2ccccc2F)cc1OC. The lowest BCUT2D eigenvalue weighted by atomic mass is 10.1. The number of nitrogens with one attached hydrogen (secondary N) is 1. The number of hydrogen-bond acceptors (Lipinski definition) is 5. The Labute approximate surface area is 150 Å². The van der Waals surface area contributed by atoms with Crippen LogP contribution in [0.2, 0.25) is 0 Å². The number of ether oxygens (including phenoxy) is 3. The Morgan fingerprint density at radius 1 is 1.08 bits per heavy atom. The molecule has 2 aromatic rings. The van der Waals surface area contributed by atoms with Crippen molar-refractivity contribution in [2.75, 3.05) is 19.5 Å². The number of para-hydroxylation sites is 1. The maximum absolute atomic E-state index is 13.6. The van der Waals surface area contributed by atoms with E-state index in [1.54, 1.807) is 24.3 Å². The molecule has 1 atom stereocenters. The standard InChI is InChI=1S/C19H20FNO5/c1-12(19(23)21-15-7-5-4-6-14(15)20)26-18(22)11-13-8-9-16(24-2)17(10-13)25-3/h4-10,12H,11H2,1-3H3,(H,21,23)/t12-/m0/s1. The maximum atomic E-state index is 13.6. The van der Waals surface area contributed by atoms with Gasteiger partial charge in [-0.3, -0.25) is 9.59 Å². The molecule has 0 aliphatic rings. The van der Waals surface area contributed by atoms with Crippen LogP contribution < -0.4 is 14.8 Å². The third-order valence-corrected chi connectivity index (χ3v) is 3.61. The molecule has 138 valence electrons. The molecule has 2 rings (SSSR count). The van der Waals surface area contributed by atoms with Crippen molar-refractivity contribution in [2.24, 2.45) is 0 Å². The number of methoxy groups -OCH3 is 2. The molecule has 6 nitrogen and oxygen atoms in total. The second-order valence-corrected chi connectivity index (χ2v) is 5.47. The molecule has 7 heteroatoms. The highest BCUT2D eigenvalue weighted by Crippen LogP contribution is 2.27. The number of benzene rings is 2. The Hall–Kier alpha value is -3.09. The molecule has 1 N–H and O–H groups in total. The zero-order valence-corrected chi connectivity index (χ0v) is 14.7. The highest BCUT2D eigenvalue weighted by Gasteiger charge is 2.19. The monoisotopic (exact) mass is 361 g/mol. The van der Waals surface area contributed by atoms with E-state index in [-0.39, 0.29) is 12.1 Å². The molecule has 0 fully saturated rings. The molecule has 0 radical (unpaired) electrons. The molecular formula is C19H20FNO5. The Kier molecular flexibility index (Phi) is 6.54. The van der Waals surface area contributed by atoms with Crippen molar-refractivity contribution in [1.29, 1.82) is 0 Å². The summed E-state index contributed by atoms with van der Waals surface area (Å²) in [7, 11) is 3.01. The van der Waals surface area contributed by atoms with E-state index >= 15 is 0 Å². The van der Waals surface area contributed by atoms with Crippen LogP contribution in [0, 0.1) is 5.82 Å². The van der Waals surface area contributed by atoms with Crippen molar-refractivity contribution >= 4 is 17.6 Å². The van der Waals surface area contributed by atoms with Gasteiger partial charge in [0.1, 0.15) is 5.82 Å². The van der Waals surface area contributed by atoms with E-state index in [1.807, 2.05) is 0 Å². The molecule has 0 aromatic heterocycles. The van der Waals surface area contributed by atoms with Gasteiger partial charge in [-0.1, -0.05) is 18.2 Å². The summed E-state index contributed by atoms with van der Waals surface area (Å²) >= 11 is 0. The van der Waals surface area contributed by atoms with Crippen molar-refractivity contribution in [3.63, 3.8) is 0 Å². The molecule has 1 amide bonds. The normalized spacial score (nSPS) is 11.4. The van der Waals surface area contributed by atoms with Gasteiger partial charge in [-0.15, -0.1) is 0 Å². The van der Waals surface area contributed by atoms with Gasteiger partial charge in [-0.05, 0) is 36.8 Å². The van der Waals surface area contributed by atoms with E-state index in [0.29, 0.717) is 17.1 Å². The van der Waals surface area contributed by atoms with Crippen LogP contribution in [-0.2, 0) is 20.7 Å². The quantitative estimate of drug-likeness (QED) is 0.768. The zero-order valence-electron chi connectivity index (χ0n) is 14.7. The fourth-order valence-corrected chi connectivity index (χ4v) is 2.25. The van der Waals surface area contributed by atoms with Crippen molar-refractivity contribution < 1.29 is 28.2 Å². The van der Waals surface area contributed by atoms with Crippen LogP contribution in [0.3, 0.4) is 0 Å². The lowest BCUT2D eigenvalue weighted by Gasteiger charge is -2.14. The summed E-state index contributed by atoms with van der Waals surface area (Å²) in [6.07, 6.45) is -1.11. The summed E-state index contributed by atoms with van der Waals surface area (Å²) in [6, 6.07) is 10.8. The minimum absolute atomic E-state index is 0.0280. The summed E-state index contributed by atoms with van der Waals surface area (Å²) in [4.78, 5) is 24.1. The average Bonchev–Trinajstić information content (AvgIpc) is 2.63. The predicted octanol–water partition coefficient (Wildman–Crippen LogP) is 2.96. The summed E-state index contributed by atoms with van der Waals surface area (Å²) in [5, 5.41) is 2.38. The largest absolute Gasteiger partial charge is 0.493 e. The molecule has 0 aliphatic heterocycles. The Morgan fingerprint density at radius 3 is 2.42 bits per heavy atom. The van der Waals surface area contributed by atoms with E-state index in [1.165, 1.54) is 39.3 Å². The first-order valence-electron chi connectivity index (χ1n) is 7.90. The second-order valence-electron chi connectivity index (χ2n) is 5.47. The number of halogens is 1. The van der Waals surface area contributed by atoms with Gasteiger partial charge < -0.3 is 19.5 Å². The second kappa shape index (κ2) is 8.84. The maximum Gasteiger partial charge on any atom is 0.311 e. The Bertz CT molecular complexity index is 793. The van der Waals surface area contributed by atoms with E-state index in [4.69, 9.17) is 14.2 Å². The molecule has 2 aromatic carbocycles. The highest BCUT2D eigenvalue weighted by atomic mass is 19.1. The predicted molar refractivity (Wildman–Crippen MR) is 93.8 cm³/mol. The van der Waals surface area contributed by atoms with Gasteiger partial charge in [0.05, 0.1) is 26.3 Å². The van der Waals surface area contributed by atoms with Crippen LogP contribution in [0.25, 0.3) is 0 Å². The molecule has 0 saturated carbocycles. The number of rotatable bonds is 7. The first-order valence-corrected chi connectivity index (χ1v) is 7.90. The molecule has 0 spiro atoms. The van der Waals surface area contributed by atoms with Gasteiger partial charge >= 0.3 is 5.97 Å². The minimum atomic E-state index is -1.07. The highest BCUT2D eigenvalue weighted by molar-refractivity contribution is 5.95. The third-order valence-electron chi connectivity index (χ3n) is 3.61. The van der Waals surface area contributed by atoms with Crippen molar-refractivity contribution in [1.82, 2.24) is 0 Å². The van der Waals surface area contributed by atoms with E-state index in [9.17, 15) is 14.0 Å². The topological polar surface area (TPSA) is 73.9 Å². The van der Waals surface area contributed by atoms with E-state index in [2.05, 4.69) is 5.32 Å². The van der Waals surface area contributed by atoms with Gasteiger partial charge in [-0.2, -0.15) is 0 Å². The van der Waals surface area contributed by atoms with Gasteiger partial charge in [0, 0.05) is 0 Å². The van der Waals surface area contributed by atoms with Gasteiger partial charge in [0.25, 0.3) is 5.91 Å².